The maximum atomic E-state index is 12.8. The van der Waals surface area contributed by atoms with Crippen molar-refractivity contribution in [2.45, 2.75) is 24.9 Å². The van der Waals surface area contributed by atoms with Crippen LogP contribution in [0.1, 0.15) is 30.0 Å². The number of hydrogen-bond acceptors (Lipinski definition) is 4. The second-order valence-electron chi connectivity index (χ2n) is 5.61. The van der Waals surface area contributed by atoms with Gasteiger partial charge in [-0.3, -0.25) is 4.68 Å². The molecule has 124 valence electrons. The van der Waals surface area contributed by atoms with Gasteiger partial charge in [0.2, 0.25) is 0 Å². The third-order valence-corrected chi connectivity index (χ3v) is 4.21. The normalized spacial score (nSPS) is 19.2. The summed E-state index contributed by atoms with van der Waals surface area (Å²) >= 11 is 5.71. The Morgan fingerprint density at radius 3 is 2.70 bits per heavy atom. The van der Waals surface area contributed by atoms with Crippen molar-refractivity contribution in [2.24, 2.45) is 7.05 Å². The van der Waals surface area contributed by atoms with E-state index in [1.807, 2.05) is 11.1 Å². The number of nitrogens with zero attached hydrogens (tertiary/aromatic N) is 5. The highest BCUT2D eigenvalue weighted by Crippen LogP contribution is 2.35. The van der Waals surface area contributed by atoms with Crippen molar-refractivity contribution in [3.8, 4) is 0 Å². The Morgan fingerprint density at radius 2 is 2.09 bits per heavy atom. The molecule has 1 aliphatic rings. The van der Waals surface area contributed by atoms with Crippen molar-refractivity contribution in [1.29, 1.82) is 0 Å². The Hall–Kier alpha value is -1.83. The molecule has 1 saturated heterocycles. The second-order valence-corrected chi connectivity index (χ2v) is 5.97. The van der Waals surface area contributed by atoms with Crippen molar-refractivity contribution >= 4 is 17.4 Å². The highest BCUT2D eigenvalue weighted by molar-refractivity contribution is 6.30. The van der Waals surface area contributed by atoms with E-state index in [1.54, 1.807) is 11.7 Å². The summed E-state index contributed by atoms with van der Waals surface area (Å²) in [5.74, 6) is 0.636. The van der Waals surface area contributed by atoms with Crippen molar-refractivity contribution in [2.75, 3.05) is 18.0 Å². The molecule has 2 aromatic rings. The van der Waals surface area contributed by atoms with Crippen LogP contribution in [0.2, 0.25) is 5.15 Å². The minimum absolute atomic E-state index is 0.181. The first-order valence-electron chi connectivity index (χ1n) is 7.19. The zero-order valence-electron chi connectivity index (χ0n) is 12.4. The van der Waals surface area contributed by atoms with Crippen LogP contribution in [0, 0.1) is 0 Å². The van der Waals surface area contributed by atoms with Gasteiger partial charge in [-0.2, -0.15) is 13.2 Å². The van der Waals surface area contributed by atoms with Crippen LogP contribution < -0.4 is 4.90 Å². The molecule has 0 spiro atoms. The largest absolute Gasteiger partial charge is 0.419 e. The lowest BCUT2D eigenvalue weighted by Gasteiger charge is -2.32. The van der Waals surface area contributed by atoms with Crippen LogP contribution in [-0.4, -0.2) is 33.1 Å². The molecular formula is C14H15ClF3N5. The van der Waals surface area contributed by atoms with E-state index < -0.39 is 16.9 Å². The highest BCUT2D eigenvalue weighted by Gasteiger charge is 2.34. The lowest BCUT2D eigenvalue weighted by atomic mass is 9.95. The molecule has 1 fully saturated rings. The number of anilines is 1. The van der Waals surface area contributed by atoms with E-state index in [0.29, 0.717) is 12.4 Å². The van der Waals surface area contributed by atoms with Crippen molar-refractivity contribution in [1.82, 2.24) is 20.0 Å². The summed E-state index contributed by atoms with van der Waals surface area (Å²) in [5.41, 5.74) is -0.0272. The zero-order chi connectivity index (χ0) is 16.6. The van der Waals surface area contributed by atoms with Crippen molar-refractivity contribution in [3.05, 3.63) is 34.7 Å². The number of aromatic nitrogens is 4. The number of pyridine rings is 1. The molecule has 2 aromatic heterocycles. The molecule has 0 N–H and O–H groups in total. The van der Waals surface area contributed by atoms with E-state index in [2.05, 4.69) is 15.3 Å². The molecule has 5 nitrogen and oxygen atoms in total. The van der Waals surface area contributed by atoms with E-state index in [0.717, 1.165) is 31.1 Å². The van der Waals surface area contributed by atoms with Gasteiger partial charge in [-0.1, -0.05) is 16.8 Å². The van der Waals surface area contributed by atoms with Crippen molar-refractivity contribution in [3.63, 3.8) is 0 Å². The fourth-order valence-electron chi connectivity index (χ4n) is 2.79. The van der Waals surface area contributed by atoms with E-state index in [4.69, 9.17) is 11.6 Å². The molecule has 9 heteroatoms. The Kier molecular flexibility index (Phi) is 4.18. The SMILES string of the molecule is Cn1cc(C2CCCN(c3ccc(C(F)(F)F)c(Cl)n3)C2)nn1. The predicted octanol–water partition coefficient (Wildman–Crippen LogP) is 3.27. The van der Waals surface area contributed by atoms with E-state index in [-0.39, 0.29) is 5.92 Å². The van der Waals surface area contributed by atoms with Crippen LogP contribution in [0.5, 0.6) is 0 Å². The van der Waals surface area contributed by atoms with Gasteiger partial charge in [-0.25, -0.2) is 4.98 Å². The standard InChI is InChI=1S/C14H15ClF3N5/c1-22-8-11(20-21-22)9-3-2-6-23(7-9)12-5-4-10(13(15)19-12)14(16,17)18/h4-5,8-9H,2-3,6-7H2,1H3. The number of hydrogen-bond donors (Lipinski definition) is 0. The average Bonchev–Trinajstić information content (AvgIpc) is 2.92. The minimum atomic E-state index is -4.49. The van der Waals surface area contributed by atoms with E-state index in [1.165, 1.54) is 6.07 Å². The maximum Gasteiger partial charge on any atom is 0.419 e. The lowest BCUT2D eigenvalue weighted by molar-refractivity contribution is -0.137. The monoisotopic (exact) mass is 345 g/mol. The van der Waals surface area contributed by atoms with Gasteiger partial charge in [-0.05, 0) is 25.0 Å². The summed E-state index contributed by atoms with van der Waals surface area (Å²) in [4.78, 5) is 5.87. The number of piperidine rings is 1. The Balaban J connectivity index is 1.80. The number of aryl methyl sites for hydroxylation is 1. The summed E-state index contributed by atoms with van der Waals surface area (Å²) in [5, 5.41) is 7.53. The molecular weight excluding hydrogens is 331 g/mol. The summed E-state index contributed by atoms with van der Waals surface area (Å²) in [6.45, 7) is 1.36. The van der Waals surface area contributed by atoms with Gasteiger partial charge < -0.3 is 4.90 Å². The highest BCUT2D eigenvalue weighted by atomic mass is 35.5. The molecule has 1 unspecified atom stereocenters. The topological polar surface area (TPSA) is 46.8 Å². The first-order chi connectivity index (χ1) is 10.8. The number of alkyl halides is 3. The molecule has 0 amide bonds. The molecule has 0 aliphatic carbocycles. The Morgan fingerprint density at radius 1 is 1.30 bits per heavy atom. The molecule has 0 radical (unpaired) electrons. The molecule has 1 atom stereocenters. The molecule has 23 heavy (non-hydrogen) atoms. The fourth-order valence-corrected chi connectivity index (χ4v) is 3.05. The summed E-state index contributed by atoms with van der Waals surface area (Å²) in [7, 11) is 1.80. The Bertz CT molecular complexity index is 700. The summed E-state index contributed by atoms with van der Waals surface area (Å²) < 4.78 is 39.9. The second kappa shape index (κ2) is 5.99. The van der Waals surface area contributed by atoms with Gasteiger partial charge in [0.05, 0.1) is 11.3 Å². The smallest absolute Gasteiger partial charge is 0.356 e. The molecule has 0 aromatic carbocycles. The van der Waals surface area contributed by atoms with E-state index in [9.17, 15) is 13.2 Å². The first-order valence-corrected chi connectivity index (χ1v) is 7.57. The summed E-state index contributed by atoms with van der Waals surface area (Å²) in [6.07, 6.45) is -0.765. The number of halogens is 4. The first kappa shape index (κ1) is 16.0. The fraction of sp³-hybridized carbons (Fsp3) is 0.500. The van der Waals surface area contributed by atoms with Gasteiger partial charge in [-0.15, -0.1) is 5.10 Å². The van der Waals surface area contributed by atoms with Crippen LogP contribution in [0.4, 0.5) is 19.0 Å². The molecule has 3 rings (SSSR count). The molecule has 1 aliphatic heterocycles. The van der Waals surface area contributed by atoms with Gasteiger partial charge in [0.1, 0.15) is 11.0 Å². The van der Waals surface area contributed by atoms with Crippen LogP contribution in [0.15, 0.2) is 18.3 Å². The van der Waals surface area contributed by atoms with Gasteiger partial charge in [0, 0.05) is 32.3 Å². The zero-order valence-corrected chi connectivity index (χ0v) is 13.1. The molecule has 3 heterocycles. The lowest BCUT2D eigenvalue weighted by Crippen LogP contribution is -2.35. The van der Waals surface area contributed by atoms with Crippen LogP contribution in [0.3, 0.4) is 0 Å². The third-order valence-electron chi connectivity index (χ3n) is 3.92. The average molecular weight is 346 g/mol. The predicted molar refractivity (Wildman–Crippen MR) is 79.4 cm³/mol. The minimum Gasteiger partial charge on any atom is -0.356 e. The molecule has 0 saturated carbocycles. The van der Waals surface area contributed by atoms with Crippen LogP contribution >= 0.6 is 11.6 Å². The quantitative estimate of drug-likeness (QED) is 0.784. The van der Waals surface area contributed by atoms with Crippen LogP contribution in [-0.2, 0) is 13.2 Å². The summed E-state index contributed by atoms with van der Waals surface area (Å²) in [6, 6.07) is 2.35. The van der Waals surface area contributed by atoms with Gasteiger partial charge in [0.15, 0.2) is 0 Å². The Labute approximate surface area is 136 Å². The van der Waals surface area contributed by atoms with E-state index >= 15 is 0 Å². The maximum absolute atomic E-state index is 12.8. The number of rotatable bonds is 2. The third kappa shape index (κ3) is 3.41. The molecule has 0 bridgehead atoms. The van der Waals surface area contributed by atoms with Gasteiger partial charge in [0.25, 0.3) is 0 Å². The van der Waals surface area contributed by atoms with Crippen LogP contribution in [0.25, 0.3) is 0 Å². The van der Waals surface area contributed by atoms with Gasteiger partial charge >= 0.3 is 6.18 Å². The van der Waals surface area contributed by atoms with Crippen molar-refractivity contribution < 1.29 is 13.2 Å².